The molecular formula is C20H25NO2. The SMILES string of the molecule is Cc1cccc(O[C@@H](C)C(=O)Nc2c(C)cccc2C(C)C)c1. The van der Waals surface area contributed by atoms with Crippen LogP contribution in [-0.2, 0) is 4.79 Å². The molecule has 23 heavy (non-hydrogen) atoms. The Bertz CT molecular complexity index is 692. The van der Waals surface area contributed by atoms with Crippen molar-refractivity contribution in [1.29, 1.82) is 0 Å². The number of hydrogen-bond acceptors (Lipinski definition) is 2. The van der Waals surface area contributed by atoms with Gasteiger partial charge in [-0.2, -0.15) is 0 Å². The third kappa shape index (κ3) is 4.35. The van der Waals surface area contributed by atoms with Gasteiger partial charge in [0.1, 0.15) is 5.75 Å². The lowest BCUT2D eigenvalue weighted by molar-refractivity contribution is -0.122. The Morgan fingerprint density at radius 3 is 2.39 bits per heavy atom. The van der Waals surface area contributed by atoms with Gasteiger partial charge in [-0.25, -0.2) is 0 Å². The normalized spacial score (nSPS) is 12.1. The second kappa shape index (κ2) is 7.32. The first kappa shape index (κ1) is 17.1. The number of benzene rings is 2. The molecule has 1 atom stereocenters. The molecule has 2 aromatic carbocycles. The van der Waals surface area contributed by atoms with Gasteiger partial charge in [-0.15, -0.1) is 0 Å². The summed E-state index contributed by atoms with van der Waals surface area (Å²) >= 11 is 0. The number of hydrogen-bond donors (Lipinski definition) is 1. The Morgan fingerprint density at radius 2 is 1.74 bits per heavy atom. The quantitative estimate of drug-likeness (QED) is 0.858. The van der Waals surface area contributed by atoms with E-state index in [4.69, 9.17) is 4.74 Å². The summed E-state index contributed by atoms with van der Waals surface area (Å²) in [5, 5.41) is 3.03. The highest BCUT2D eigenvalue weighted by Gasteiger charge is 2.18. The average molecular weight is 311 g/mol. The second-order valence-electron chi connectivity index (χ2n) is 6.26. The zero-order valence-corrected chi connectivity index (χ0v) is 14.5. The maximum absolute atomic E-state index is 12.5. The molecule has 0 saturated heterocycles. The van der Waals surface area contributed by atoms with Crippen LogP contribution >= 0.6 is 0 Å². The molecule has 0 aliphatic carbocycles. The Morgan fingerprint density at radius 1 is 1.04 bits per heavy atom. The first-order valence-electron chi connectivity index (χ1n) is 8.02. The van der Waals surface area contributed by atoms with Crippen LogP contribution in [0.1, 0.15) is 43.4 Å². The number of nitrogens with one attached hydrogen (secondary N) is 1. The molecule has 122 valence electrons. The highest BCUT2D eigenvalue weighted by Crippen LogP contribution is 2.27. The van der Waals surface area contributed by atoms with Gasteiger partial charge in [0.15, 0.2) is 6.10 Å². The summed E-state index contributed by atoms with van der Waals surface area (Å²) in [6.07, 6.45) is -0.559. The van der Waals surface area contributed by atoms with Crippen molar-refractivity contribution in [3.8, 4) is 5.75 Å². The molecule has 0 aliphatic rings. The van der Waals surface area contributed by atoms with Gasteiger partial charge in [-0.1, -0.05) is 44.2 Å². The average Bonchev–Trinajstić information content (AvgIpc) is 2.48. The fourth-order valence-corrected chi connectivity index (χ4v) is 2.51. The van der Waals surface area contributed by atoms with E-state index in [0.29, 0.717) is 11.7 Å². The summed E-state index contributed by atoms with van der Waals surface area (Å²) in [5.74, 6) is 0.919. The number of amides is 1. The van der Waals surface area contributed by atoms with Crippen molar-refractivity contribution in [2.24, 2.45) is 0 Å². The van der Waals surface area contributed by atoms with Crippen LogP contribution in [0.4, 0.5) is 5.69 Å². The van der Waals surface area contributed by atoms with Crippen LogP contribution in [0, 0.1) is 13.8 Å². The number of carbonyl (C=O) groups excluding carboxylic acids is 1. The molecule has 0 aromatic heterocycles. The smallest absolute Gasteiger partial charge is 0.265 e. The largest absolute Gasteiger partial charge is 0.481 e. The van der Waals surface area contributed by atoms with Crippen molar-refractivity contribution in [2.75, 3.05) is 5.32 Å². The molecule has 3 heteroatoms. The van der Waals surface area contributed by atoms with Gasteiger partial charge in [0, 0.05) is 5.69 Å². The van der Waals surface area contributed by atoms with Crippen LogP contribution in [0.2, 0.25) is 0 Å². The number of aryl methyl sites for hydroxylation is 2. The van der Waals surface area contributed by atoms with E-state index < -0.39 is 6.10 Å². The second-order valence-corrected chi connectivity index (χ2v) is 6.26. The van der Waals surface area contributed by atoms with E-state index in [9.17, 15) is 4.79 Å². The van der Waals surface area contributed by atoms with Gasteiger partial charge in [0.2, 0.25) is 0 Å². The third-order valence-corrected chi connectivity index (χ3v) is 3.85. The fraction of sp³-hybridized carbons (Fsp3) is 0.350. The lowest BCUT2D eigenvalue weighted by Gasteiger charge is -2.19. The van der Waals surface area contributed by atoms with Crippen molar-refractivity contribution in [3.05, 3.63) is 59.2 Å². The molecule has 2 rings (SSSR count). The highest BCUT2D eigenvalue weighted by molar-refractivity contribution is 5.95. The summed E-state index contributed by atoms with van der Waals surface area (Å²) in [6.45, 7) is 10.0. The lowest BCUT2D eigenvalue weighted by Crippen LogP contribution is -2.30. The number of ether oxygens (including phenoxy) is 1. The number of carbonyl (C=O) groups is 1. The lowest BCUT2D eigenvalue weighted by atomic mass is 9.98. The molecule has 3 nitrogen and oxygen atoms in total. The number of para-hydroxylation sites is 1. The van der Waals surface area contributed by atoms with Crippen molar-refractivity contribution in [2.45, 2.75) is 46.6 Å². The van der Waals surface area contributed by atoms with Crippen molar-refractivity contribution >= 4 is 11.6 Å². The minimum atomic E-state index is -0.559. The molecule has 0 bridgehead atoms. The zero-order valence-electron chi connectivity index (χ0n) is 14.5. The summed E-state index contributed by atoms with van der Waals surface area (Å²) in [4.78, 5) is 12.5. The van der Waals surface area contributed by atoms with E-state index >= 15 is 0 Å². The molecule has 0 spiro atoms. The van der Waals surface area contributed by atoms with E-state index in [-0.39, 0.29) is 5.91 Å². The molecule has 1 N–H and O–H groups in total. The topological polar surface area (TPSA) is 38.3 Å². The summed E-state index contributed by atoms with van der Waals surface area (Å²) in [7, 11) is 0. The number of rotatable bonds is 5. The van der Waals surface area contributed by atoms with E-state index in [1.165, 1.54) is 0 Å². The maximum atomic E-state index is 12.5. The Balaban J connectivity index is 2.13. The maximum Gasteiger partial charge on any atom is 0.265 e. The van der Waals surface area contributed by atoms with Crippen LogP contribution in [0.25, 0.3) is 0 Å². The van der Waals surface area contributed by atoms with Crippen LogP contribution in [0.5, 0.6) is 5.75 Å². The Labute approximate surface area is 138 Å². The first-order chi connectivity index (χ1) is 10.9. The molecule has 0 saturated carbocycles. The van der Waals surface area contributed by atoms with Gasteiger partial charge in [-0.3, -0.25) is 4.79 Å². The third-order valence-electron chi connectivity index (χ3n) is 3.85. The molecule has 0 radical (unpaired) electrons. The molecule has 0 heterocycles. The van der Waals surface area contributed by atoms with Crippen molar-refractivity contribution < 1.29 is 9.53 Å². The summed E-state index contributed by atoms with van der Waals surface area (Å²) in [6, 6.07) is 13.8. The fourth-order valence-electron chi connectivity index (χ4n) is 2.51. The first-order valence-corrected chi connectivity index (χ1v) is 8.02. The predicted octanol–water partition coefficient (Wildman–Crippen LogP) is 4.83. The van der Waals surface area contributed by atoms with Gasteiger partial charge >= 0.3 is 0 Å². The Kier molecular flexibility index (Phi) is 5.43. The van der Waals surface area contributed by atoms with E-state index in [1.807, 2.05) is 50.2 Å². The predicted molar refractivity (Wildman–Crippen MR) is 95.2 cm³/mol. The highest BCUT2D eigenvalue weighted by atomic mass is 16.5. The summed E-state index contributed by atoms with van der Waals surface area (Å²) in [5.41, 5.74) is 4.21. The number of anilines is 1. The van der Waals surface area contributed by atoms with Gasteiger partial charge < -0.3 is 10.1 Å². The van der Waals surface area contributed by atoms with Gasteiger partial charge in [0.05, 0.1) is 0 Å². The van der Waals surface area contributed by atoms with E-state index in [2.05, 4.69) is 25.2 Å². The van der Waals surface area contributed by atoms with Gasteiger partial charge in [0.25, 0.3) is 5.91 Å². The minimum Gasteiger partial charge on any atom is -0.481 e. The van der Waals surface area contributed by atoms with Crippen LogP contribution in [-0.4, -0.2) is 12.0 Å². The van der Waals surface area contributed by atoms with E-state index in [0.717, 1.165) is 22.4 Å². The standard InChI is InChI=1S/C20H25NO2/c1-13(2)18-11-7-9-15(4)19(18)21-20(22)16(5)23-17-10-6-8-14(3)12-17/h6-13,16H,1-5H3,(H,21,22)/t16-/m0/s1. The Hall–Kier alpha value is -2.29. The minimum absolute atomic E-state index is 0.136. The van der Waals surface area contributed by atoms with Crippen LogP contribution in [0.15, 0.2) is 42.5 Å². The van der Waals surface area contributed by atoms with Crippen molar-refractivity contribution in [3.63, 3.8) is 0 Å². The van der Waals surface area contributed by atoms with Crippen LogP contribution < -0.4 is 10.1 Å². The monoisotopic (exact) mass is 311 g/mol. The van der Waals surface area contributed by atoms with E-state index in [1.54, 1.807) is 6.92 Å². The molecule has 1 amide bonds. The molecule has 0 aliphatic heterocycles. The summed E-state index contributed by atoms with van der Waals surface area (Å²) < 4.78 is 5.76. The van der Waals surface area contributed by atoms with Crippen LogP contribution in [0.3, 0.4) is 0 Å². The zero-order chi connectivity index (χ0) is 17.0. The molecule has 0 unspecified atom stereocenters. The van der Waals surface area contributed by atoms with Gasteiger partial charge in [-0.05, 0) is 55.5 Å². The molecule has 0 fully saturated rings. The molecular weight excluding hydrogens is 286 g/mol. The van der Waals surface area contributed by atoms with Crippen molar-refractivity contribution in [1.82, 2.24) is 0 Å². The molecule has 2 aromatic rings.